The highest BCUT2D eigenvalue weighted by molar-refractivity contribution is 5.90. The number of rotatable bonds is 1. The summed E-state index contributed by atoms with van der Waals surface area (Å²) in [6.45, 7) is 3.70. The van der Waals surface area contributed by atoms with Gasteiger partial charge in [-0.2, -0.15) is 0 Å². The average Bonchev–Trinajstić information content (AvgIpc) is 2.69. The van der Waals surface area contributed by atoms with Crippen molar-refractivity contribution in [1.82, 2.24) is 0 Å². The number of fused-ring (bicyclic) bond motifs is 1. The van der Waals surface area contributed by atoms with E-state index in [-0.39, 0.29) is 12.1 Å². The van der Waals surface area contributed by atoms with Crippen LogP contribution in [0.4, 0.5) is 0 Å². The van der Waals surface area contributed by atoms with Crippen LogP contribution in [0.1, 0.15) is 18.1 Å². The van der Waals surface area contributed by atoms with E-state index in [9.17, 15) is 4.79 Å². The Morgan fingerprint density at radius 2 is 1.88 bits per heavy atom. The maximum absolute atomic E-state index is 11.3. The third-order valence-electron chi connectivity index (χ3n) is 3.12. The SMILES string of the molecule is C=C1C[C@H](c2ccc3ccccc3c2)OC1=O. The smallest absolute Gasteiger partial charge is 0.334 e. The van der Waals surface area contributed by atoms with Gasteiger partial charge in [0.05, 0.1) is 0 Å². The Morgan fingerprint density at radius 3 is 2.59 bits per heavy atom. The second kappa shape index (κ2) is 3.74. The van der Waals surface area contributed by atoms with E-state index in [0.717, 1.165) is 5.56 Å². The molecule has 0 bridgehead atoms. The second-order valence-corrected chi connectivity index (χ2v) is 4.31. The Bertz CT molecular complexity index is 597. The molecule has 1 aliphatic rings. The summed E-state index contributed by atoms with van der Waals surface area (Å²) in [5, 5.41) is 2.36. The van der Waals surface area contributed by atoms with E-state index in [1.807, 2.05) is 18.2 Å². The Kier molecular flexibility index (Phi) is 2.22. The minimum absolute atomic E-state index is 0.167. The fraction of sp³-hybridized carbons (Fsp3) is 0.133. The zero-order valence-electron chi connectivity index (χ0n) is 9.35. The van der Waals surface area contributed by atoms with Gasteiger partial charge in [-0.25, -0.2) is 4.79 Å². The molecule has 1 fully saturated rings. The summed E-state index contributed by atoms with van der Waals surface area (Å²) >= 11 is 0. The minimum atomic E-state index is -0.275. The van der Waals surface area contributed by atoms with Crippen LogP contribution in [0.2, 0.25) is 0 Å². The highest BCUT2D eigenvalue weighted by Gasteiger charge is 2.28. The number of hydrogen-bond donors (Lipinski definition) is 0. The third kappa shape index (κ3) is 1.72. The first-order valence-electron chi connectivity index (χ1n) is 5.61. The first kappa shape index (κ1) is 10.1. The highest BCUT2D eigenvalue weighted by atomic mass is 16.5. The molecular weight excluding hydrogens is 212 g/mol. The van der Waals surface area contributed by atoms with Crippen LogP contribution in [-0.2, 0) is 9.53 Å². The van der Waals surface area contributed by atoms with Crippen molar-refractivity contribution in [3.8, 4) is 0 Å². The molecule has 0 unspecified atom stereocenters. The predicted molar refractivity (Wildman–Crippen MR) is 66.5 cm³/mol. The Hall–Kier alpha value is -2.09. The number of ether oxygens (including phenoxy) is 1. The number of benzene rings is 2. The first-order chi connectivity index (χ1) is 8.24. The number of carbonyl (C=O) groups is 1. The molecule has 1 atom stereocenters. The van der Waals surface area contributed by atoms with Crippen LogP contribution in [-0.4, -0.2) is 5.97 Å². The number of esters is 1. The van der Waals surface area contributed by atoms with Crippen molar-refractivity contribution >= 4 is 16.7 Å². The molecule has 2 nitrogen and oxygen atoms in total. The molecule has 0 amide bonds. The molecule has 1 heterocycles. The summed E-state index contributed by atoms with van der Waals surface area (Å²) in [5.41, 5.74) is 1.60. The van der Waals surface area contributed by atoms with Gasteiger partial charge >= 0.3 is 5.97 Å². The molecule has 0 saturated carbocycles. The maximum atomic E-state index is 11.3. The van der Waals surface area contributed by atoms with Crippen LogP contribution >= 0.6 is 0 Å². The van der Waals surface area contributed by atoms with E-state index < -0.39 is 0 Å². The van der Waals surface area contributed by atoms with Crippen molar-refractivity contribution in [3.63, 3.8) is 0 Å². The fourth-order valence-electron chi connectivity index (χ4n) is 2.16. The Balaban J connectivity index is 2.01. The van der Waals surface area contributed by atoms with E-state index >= 15 is 0 Å². The summed E-state index contributed by atoms with van der Waals surface area (Å²) in [5.74, 6) is -0.275. The Labute approximate surface area is 99.5 Å². The van der Waals surface area contributed by atoms with Crippen molar-refractivity contribution in [2.24, 2.45) is 0 Å². The maximum Gasteiger partial charge on any atom is 0.334 e. The Morgan fingerprint density at radius 1 is 1.12 bits per heavy atom. The number of cyclic esters (lactones) is 1. The molecule has 0 spiro atoms. The zero-order valence-corrected chi connectivity index (χ0v) is 9.35. The molecule has 0 aliphatic carbocycles. The normalized spacial score (nSPS) is 19.6. The lowest BCUT2D eigenvalue weighted by Crippen LogP contribution is -1.98. The van der Waals surface area contributed by atoms with Crippen molar-refractivity contribution in [2.45, 2.75) is 12.5 Å². The van der Waals surface area contributed by atoms with Crippen molar-refractivity contribution < 1.29 is 9.53 Å². The summed E-state index contributed by atoms with van der Waals surface area (Å²) in [6, 6.07) is 14.3. The molecule has 0 aromatic heterocycles. The quantitative estimate of drug-likeness (QED) is 0.548. The van der Waals surface area contributed by atoms with Gasteiger partial charge in [0.15, 0.2) is 0 Å². The fourth-order valence-corrected chi connectivity index (χ4v) is 2.16. The lowest BCUT2D eigenvalue weighted by atomic mass is 10.0. The van der Waals surface area contributed by atoms with Gasteiger partial charge in [0, 0.05) is 12.0 Å². The van der Waals surface area contributed by atoms with Crippen LogP contribution in [0.5, 0.6) is 0 Å². The van der Waals surface area contributed by atoms with Crippen molar-refractivity contribution in [1.29, 1.82) is 0 Å². The monoisotopic (exact) mass is 224 g/mol. The van der Waals surface area contributed by atoms with Crippen LogP contribution in [0.25, 0.3) is 10.8 Å². The second-order valence-electron chi connectivity index (χ2n) is 4.31. The van der Waals surface area contributed by atoms with Gasteiger partial charge in [-0.15, -0.1) is 0 Å². The van der Waals surface area contributed by atoms with Crippen LogP contribution in [0.3, 0.4) is 0 Å². The van der Waals surface area contributed by atoms with Crippen LogP contribution in [0.15, 0.2) is 54.6 Å². The largest absolute Gasteiger partial charge is 0.454 e. The molecule has 17 heavy (non-hydrogen) atoms. The van der Waals surface area contributed by atoms with Gasteiger partial charge in [-0.3, -0.25) is 0 Å². The summed E-state index contributed by atoms with van der Waals surface area (Å²) in [6.07, 6.45) is 0.427. The molecule has 2 aromatic carbocycles. The zero-order chi connectivity index (χ0) is 11.8. The highest BCUT2D eigenvalue weighted by Crippen LogP contribution is 2.33. The standard InChI is InChI=1S/C15H12O2/c1-10-8-14(17-15(10)16)13-7-6-11-4-2-3-5-12(11)9-13/h2-7,9,14H,1,8H2/t14-/m1/s1. The molecule has 84 valence electrons. The van der Waals surface area contributed by atoms with Crippen molar-refractivity contribution in [3.05, 3.63) is 60.2 Å². The van der Waals surface area contributed by atoms with Gasteiger partial charge in [-0.05, 0) is 22.4 Å². The third-order valence-corrected chi connectivity index (χ3v) is 3.12. The lowest BCUT2D eigenvalue weighted by Gasteiger charge is -2.09. The van der Waals surface area contributed by atoms with Gasteiger partial charge in [-0.1, -0.05) is 43.0 Å². The number of hydrogen-bond acceptors (Lipinski definition) is 2. The first-order valence-corrected chi connectivity index (χ1v) is 5.61. The van der Waals surface area contributed by atoms with Crippen molar-refractivity contribution in [2.75, 3.05) is 0 Å². The van der Waals surface area contributed by atoms with E-state index in [1.165, 1.54) is 10.8 Å². The van der Waals surface area contributed by atoms with Crippen LogP contribution < -0.4 is 0 Å². The van der Waals surface area contributed by atoms with Gasteiger partial charge < -0.3 is 4.74 Å². The summed E-state index contributed by atoms with van der Waals surface area (Å²) in [7, 11) is 0. The molecule has 0 radical (unpaired) electrons. The van der Waals surface area contributed by atoms with E-state index in [1.54, 1.807) is 0 Å². The van der Waals surface area contributed by atoms with E-state index in [4.69, 9.17) is 4.74 Å². The molecule has 0 N–H and O–H groups in total. The predicted octanol–water partition coefficient (Wildman–Crippen LogP) is 3.38. The molecule has 2 heteroatoms. The molecule has 3 rings (SSSR count). The molecule has 1 aliphatic heterocycles. The topological polar surface area (TPSA) is 26.3 Å². The van der Waals surface area contributed by atoms with Gasteiger partial charge in [0.25, 0.3) is 0 Å². The van der Waals surface area contributed by atoms with Gasteiger partial charge in [0.2, 0.25) is 0 Å². The molecule has 1 saturated heterocycles. The summed E-state index contributed by atoms with van der Waals surface area (Å²) < 4.78 is 5.27. The molecular formula is C15H12O2. The van der Waals surface area contributed by atoms with Gasteiger partial charge in [0.1, 0.15) is 6.10 Å². The average molecular weight is 224 g/mol. The number of carbonyl (C=O) groups excluding carboxylic acids is 1. The van der Waals surface area contributed by atoms with E-state index in [0.29, 0.717) is 12.0 Å². The summed E-state index contributed by atoms with van der Waals surface area (Å²) in [4.78, 5) is 11.3. The minimum Gasteiger partial charge on any atom is -0.454 e. The van der Waals surface area contributed by atoms with E-state index in [2.05, 4.69) is 30.8 Å². The van der Waals surface area contributed by atoms with Crippen LogP contribution in [0, 0.1) is 0 Å². The lowest BCUT2D eigenvalue weighted by molar-refractivity contribution is -0.139. The molecule has 2 aromatic rings.